The van der Waals surface area contributed by atoms with Crippen LogP contribution in [0, 0.1) is 11.8 Å². The first-order valence-electron chi connectivity index (χ1n) is 26.7. The Morgan fingerprint density at radius 3 is 0.817 bits per heavy atom. The number of esters is 3. The van der Waals surface area contributed by atoms with Gasteiger partial charge >= 0.3 is 17.9 Å². The smallest absolute Gasteiger partial charge is 0.306 e. The minimum absolute atomic E-state index is 0.0638. The molecular weight excluding hydrogens is 745 g/mol. The minimum Gasteiger partial charge on any atom is -0.462 e. The van der Waals surface area contributed by atoms with Gasteiger partial charge in [0.25, 0.3) is 0 Å². The highest BCUT2D eigenvalue weighted by Crippen LogP contribution is 2.17. The normalized spacial score (nSPS) is 12.1. The minimum atomic E-state index is -0.762. The molecule has 0 aromatic carbocycles. The van der Waals surface area contributed by atoms with Crippen LogP contribution in [0.3, 0.4) is 0 Å². The van der Waals surface area contributed by atoms with Crippen molar-refractivity contribution in [3.63, 3.8) is 0 Å². The standard InChI is InChI=1S/C54H104O6/c1-6-7-8-9-10-11-12-13-14-18-21-24-29-34-39-44-52(55)58-47-51(48-59-53(56)45-40-35-31-26-28-33-38-43-50(4)5)60-54(57)46-41-36-30-25-22-19-16-15-17-20-23-27-32-37-42-49(2)3/h49-51H,6-48H2,1-5H3/t51-/m1/s1. The van der Waals surface area contributed by atoms with Crippen LogP contribution in [0.2, 0.25) is 0 Å². The highest BCUT2D eigenvalue weighted by Gasteiger charge is 2.19. The van der Waals surface area contributed by atoms with E-state index >= 15 is 0 Å². The Balaban J connectivity index is 4.28. The number of hydrogen-bond acceptors (Lipinski definition) is 6. The Labute approximate surface area is 374 Å². The van der Waals surface area contributed by atoms with Gasteiger partial charge in [-0.3, -0.25) is 14.4 Å². The summed E-state index contributed by atoms with van der Waals surface area (Å²) in [5, 5.41) is 0. The van der Waals surface area contributed by atoms with Crippen molar-refractivity contribution in [2.24, 2.45) is 11.8 Å². The molecule has 0 rings (SSSR count). The molecule has 0 bridgehead atoms. The Kier molecular flexibility index (Phi) is 45.7. The van der Waals surface area contributed by atoms with Crippen molar-refractivity contribution in [1.29, 1.82) is 0 Å². The molecular formula is C54H104O6. The van der Waals surface area contributed by atoms with Crippen LogP contribution in [0.5, 0.6) is 0 Å². The zero-order chi connectivity index (χ0) is 44.0. The first-order valence-corrected chi connectivity index (χ1v) is 26.7. The fraction of sp³-hybridized carbons (Fsp3) is 0.944. The highest BCUT2D eigenvalue weighted by molar-refractivity contribution is 5.71. The molecule has 0 heterocycles. The van der Waals surface area contributed by atoms with Gasteiger partial charge in [0.05, 0.1) is 0 Å². The number of unbranched alkanes of at least 4 members (excludes halogenated alkanes) is 33. The Hall–Kier alpha value is -1.59. The van der Waals surface area contributed by atoms with Crippen molar-refractivity contribution in [1.82, 2.24) is 0 Å². The predicted octanol–water partition coefficient (Wildman–Crippen LogP) is 17.3. The van der Waals surface area contributed by atoms with E-state index in [-0.39, 0.29) is 31.1 Å². The summed E-state index contributed by atoms with van der Waals surface area (Å²) in [6, 6.07) is 0. The summed E-state index contributed by atoms with van der Waals surface area (Å²) in [7, 11) is 0. The van der Waals surface area contributed by atoms with Gasteiger partial charge in [-0.2, -0.15) is 0 Å². The van der Waals surface area contributed by atoms with Crippen molar-refractivity contribution in [2.75, 3.05) is 13.2 Å². The molecule has 0 aliphatic carbocycles. The number of carbonyl (C=O) groups excluding carboxylic acids is 3. The lowest BCUT2D eigenvalue weighted by molar-refractivity contribution is -0.167. The zero-order valence-electron chi connectivity index (χ0n) is 41.1. The van der Waals surface area contributed by atoms with E-state index in [1.165, 1.54) is 186 Å². The topological polar surface area (TPSA) is 78.9 Å². The van der Waals surface area contributed by atoms with Crippen LogP contribution in [-0.4, -0.2) is 37.2 Å². The Bertz CT molecular complexity index is 916. The third kappa shape index (κ3) is 47.5. The summed E-state index contributed by atoms with van der Waals surface area (Å²) in [5.41, 5.74) is 0. The molecule has 356 valence electrons. The molecule has 0 aliphatic rings. The molecule has 60 heavy (non-hydrogen) atoms. The molecule has 0 aromatic heterocycles. The van der Waals surface area contributed by atoms with Gasteiger partial charge in [0, 0.05) is 19.3 Å². The van der Waals surface area contributed by atoms with Crippen molar-refractivity contribution < 1.29 is 28.6 Å². The van der Waals surface area contributed by atoms with Gasteiger partial charge in [-0.05, 0) is 31.1 Å². The molecule has 0 amide bonds. The SMILES string of the molecule is CCCCCCCCCCCCCCCCCC(=O)OC[C@H](COC(=O)CCCCCCCCCC(C)C)OC(=O)CCCCCCCCCCCCCCCCC(C)C. The third-order valence-electron chi connectivity index (χ3n) is 12.2. The lowest BCUT2D eigenvalue weighted by atomic mass is 10.0. The maximum absolute atomic E-state index is 12.8. The molecule has 0 unspecified atom stereocenters. The van der Waals surface area contributed by atoms with E-state index in [0.717, 1.165) is 69.6 Å². The molecule has 6 heteroatoms. The van der Waals surface area contributed by atoms with Crippen LogP contribution in [0.1, 0.15) is 298 Å². The number of rotatable bonds is 48. The monoisotopic (exact) mass is 849 g/mol. The molecule has 0 fully saturated rings. The second-order valence-electron chi connectivity index (χ2n) is 19.5. The maximum Gasteiger partial charge on any atom is 0.306 e. The van der Waals surface area contributed by atoms with Crippen LogP contribution in [-0.2, 0) is 28.6 Å². The van der Waals surface area contributed by atoms with E-state index in [2.05, 4.69) is 34.6 Å². The summed E-state index contributed by atoms with van der Waals surface area (Å²) in [6.45, 7) is 11.3. The summed E-state index contributed by atoms with van der Waals surface area (Å²) in [6.07, 6.45) is 48.1. The molecule has 1 atom stereocenters. The van der Waals surface area contributed by atoms with E-state index in [1.54, 1.807) is 0 Å². The Morgan fingerprint density at radius 1 is 0.317 bits per heavy atom. The lowest BCUT2D eigenvalue weighted by Gasteiger charge is -2.18. The van der Waals surface area contributed by atoms with E-state index in [4.69, 9.17) is 14.2 Å². The lowest BCUT2D eigenvalue weighted by Crippen LogP contribution is -2.30. The van der Waals surface area contributed by atoms with Crippen molar-refractivity contribution >= 4 is 17.9 Å². The molecule has 0 saturated carbocycles. The maximum atomic E-state index is 12.8. The second kappa shape index (κ2) is 46.9. The van der Waals surface area contributed by atoms with Gasteiger partial charge in [0.2, 0.25) is 0 Å². The van der Waals surface area contributed by atoms with Crippen LogP contribution in [0.4, 0.5) is 0 Å². The fourth-order valence-corrected chi connectivity index (χ4v) is 8.17. The molecule has 0 aliphatic heterocycles. The highest BCUT2D eigenvalue weighted by atomic mass is 16.6. The third-order valence-corrected chi connectivity index (χ3v) is 12.2. The van der Waals surface area contributed by atoms with E-state index < -0.39 is 6.10 Å². The summed E-state index contributed by atoms with van der Waals surface area (Å²) < 4.78 is 16.8. The van der Waals surface area contributed by atoms with Crippen molar-refractivity contribution in [3.8, 4) is 0 Å². The number of ether oxygens (including phenoxy) is 3. The van der Waals surface area contributed by atoms with Gasteiger partial charge in [0.15, 0.2) is 6.10 Å². The van der Waals surface area contributed by atoms with Gasteiger partial charge in [-0.25, -0.2) is 0 Å². The van der Waals surface area contributed by atoms with E-state index in [0.29, 0.717) is 19.3 Å². The number of hydrogen-bond donors (Lipinski definition) is 0. The Morgan fingerprint density at radius 2 is 0.550 bits per heavy atom. The molecule has 6 nitrogen and oxygen atoms in total. The van der Waals surface area contributed by atoms with Crippen LogP contribution >= 0.6 is 0 Å². The summed E-state index contributed by atoms with van der Waals surface area (Å²) in [4.78, 5) is 37.9. The molecule has 0 radical (unpaired) electrons. The fourth-order valence-electron chi connectivity index (χ4n) is 8.17. The van der Waals surface area contributed by atoms with Crippen LogP contribution in [0.25, 0.3) is 0 Å². The van der Waals surface area contributed by atoms with E-state index in [9.17, 15) is 14.4 Å². The van der Waals surface area contributed by atoms with E-state index in [1.807, 2.05) is 0 Å². The second-order valence-corrected chi connectivity index (χ2v) is 19.5. The number of carbonyl (C=O) groups is 3. The average molecular weight is 849 g/mol. The quantitative estimate of drug-likeness (QED) is 0.0345. The molecule has 0 spiro atoms. The first kappa shape index (κ1) is 58.4. The van der Waals surface area contributed by atoms with Gasteiger partial charge in [-0.15, -0.1) is 0 Å². The van der Waals surface area contributed by atoms with Crippen molar-refractivity contribution in [2.45, 2.75) is 304 Å². The van der Waals surface area contributed by atoms with Gasteiger partial charge < -0.3 is 14.2 Å². The molecule has 0 aromatic rings. The first-order chi connectivity index (χ1) is 29.2. The van der Waals surface area contributed by atoms with Gasteiger partial charge in [0.1, 0.15) is 13.2 Å². The predicted molar refractivity (Wildman–Crippen MR) is 256 cm³/mol. The van der Waals surface area contributed by atoms with Crippen molar-refractivity contribution in [3.05, 3.63) is 0 Å². The summed E-state index contributed by atoms with van der Waals surface area (Å²) >= 11 is 0. The molecule has 0 N–H and O–H groups in total. The molecule has 0 saturated heterocycles. The summed E-state index contributed by atoms with van der Waals surface area (Å²) in [5.74, 6) is 0.777. The van der Waals surface area contributed by atoms with Crippen LogP contribution in [0.15, 0.2) is 0 Å². The largest absolute Gasteiger partial charge is 0.462 e. The van der Waals surface area contributed by atoms with Gasteiger partial charge in [-0.1, -0.05) is 259 Å². The average Bonchev–Trinajstić information content (AvgIpc) is 3.22. The van der Waals surface area contributed by atoms with Crippen LogP contribution < -0.4 is 0 Å². The zero-order valence-corrected chi connectivity index (χ0v) is 41.1.